The minimum absolute atomic E-state index is 0.123. The molecule has 0 aromatic carbocycles. The number of aliphatic hydroxyl groups is 4. The highest BCUT2D eigenvalue weighted by molar-refractivity contribution is 5.77. The number of hydrogen-bond acceptors (Lipinski definition) is 9. The molecule has 0 aliphatic carbocycles. The van der Waals surface area contributed by atoms with E-state index in [4.69, 9.17) is 10.6 Å². The van der Waals surface area contributed by atoms with Crippen LogP contribution in [-0.2, 0) is 19.2 Å². The van der Waals surface area contributed by atoms with Crippen LogP contribution in [0.15, 0.2) is 0 Å². The molecule has 7 N–H and O–H groups in total. The normalized spacial score (nSPS) is 25.8. The predicted octanol–water partition coefficient (Wildman–Crippen LogP) is -2.27. The van der Waals surface area contributed by atoms with Gasteiger partial charge in [-0.1, -0.05) is 0 Å². The Morgan fingerprint density at radius 1 is 1.19 bits per heavy atom. The summed E-state index contributed by atoms with van der Waals surface area (Å²) >= 11 is 0. The lowest BCUT2D eigenvalue weighted by molar-refractivity contribution is -0.405. The van der Waals surface area contributed by atoms with Gasteiger partial charge in [0.2, 0.25) is 5.91 Å². The summed E-state index contributed by atoms with van der Waals surface area (Å²) in [5.41, 5.74) is 3.39. The summed E-state index contributed by atoms with van der Waals surface area (Å²) in [6.45, 7) is 6.48. The van der Waals surface area contributed by atoms with Gasteiger partial charge in [-0.05, 0) is 40.5 Å². The lowest BCUT2D eigenvalue weighted by atomic mass is 9.75. The number of piperidine rings is 1. The molecule has 0 radical (unpaired) electrons. The number of hydrogen-bond donors (Lipinski definition) is 6. The Kier molecular flexibility index (Phi) is 6.74. The van der Waals surface area contributed by atoms with E-state index in [9.17, 15) is 39.9 Å². The lowest BCUT2D eigenvalue weighted by Crippen LogP contribution is -2.68. The average molecular weight is 392 g/mol. The van der Waals surface area contributed by atoms with Crippen molar-refractivity contribution in [2.24, 2.45) is 11.7 Å². The first-order valence-electron chi connectivity index (χ1n) is 8.34. The molecule has 1 heterocycles. The highest BCUT2D eigenvalue weighted by Crippen LogP contribution is 2.43. The molecular weight excluding hydrogens is 364 g/mol. The molecule has 156 valence electrons. The van der Waals surface area contributed by atoms with Gasteiger partial charge in [-0.15, -0.1) is 0 Å². The van der Waals surface area contributed by atoms with Gasteiger partial charge in [0.05, 0.1) is 0 Å². The van der Waals surface area contributed by atoms with Crippen LogP contribution in [0.5, 0.6) is 0 Å². The third-order valence-electron chi connectivity index (χ3n) is 4.74. The summed E-state index contributed by atoms with van der Waals surface area (Å²) < 4.78 is 0. The molecule has 4 atom stereocenters. The fraction of sp³-hybridized carbons (Fsp3) is 0.812. The second kappa shape index (κ2) is 7.78. The molecule has 1 amide bonds. The molecule has 0 unspecified atom stereocenters. The Bertz CT molecular complexity index is 576. The summed E-state index contributed by atoms with van der Waals surface area (Å²) in [5, 5.41) is 50.2. The van der Waals surface area contributed by atoms with Crippen molar-refractivity contribution >= 4 is 18.2 Å². The minimum atomic E-state index is -3.38. The molecule has 0 spiro atoms. The van der Waals surface area contributed by atoms with Crippen LogP contribution >= 0.6 is 0 Å². The number of rotatable bonds is 8. The molecule has 1 rings (SSSR count). The van der Waals surface area contributed by atoms with E-state index >= 15 is 0 Å². The molecule has 0 bridgehead atoms. The van der Waals surface area contributed by atoms with Crippen molar-refractivity contribution in [2.75, 3.05) is 0 Å². The third kappa shape index (κ3) is 4.62. The minimum Gasteiger partial charge on any atom is -0.477 e. The monoisotopic (exact) mass is 392 g/mol. The topological polar surface area (TPSA) is 191 Å². The second-order valence-corrected chi connectivity index (χ2v) is 8.08. The van der Waals surface area contributed by atoms with E-state index in [1.165, 1.54) is 0 Å². The number of aliphatic carboxylic acids is 1. The maximum atomic E-state index is 11.6. The van der Waals surface area contributed by atoms with Crippen LogP contribution in [0.3, 0.4) is 0 Å². The van der Waals surface area contributed by atoms with E-state index < -0.39 is 53.0 Å². The Balaban J connectivity index is 3.27. The van der Waals surface area contributed by atoms with Crippen LogP contribution < -0.4 is 5.73 Å². The number of carboxylic acids is 1. The zero-order valence-electron chi connectivity index (χ0n) is 15.7. The van der Waals surface area contributed by atoms with Crippen LogP contribution in [0.1, 0.15) is 40.5 Å². The van der Waals surface area contributed by atoms with Crippen LogP contribution in [0, 0.1) is 5.92 Å². The van der Waals surface area contributed by atoms with Crippen molar-refractivity contribution in [2.45, 2.75) is 75.7 Å². The van der Waals surface area contributed by atoms with Gasteiger partial charge in [-0.25, -0.2) is 9.63 Å². The van der Waals surface area contributed by atoms with Gasteiger partial charge in [0.15, 0.2) is 6.29 Å². The molecule has 1 aliphatic rings. The Labute approximate surface area is 156 Å². The first kappa shape index (κ1) is 23.4. The largest absolute Gasteiger partial charge is 0.477 e. The van der Waals surface area contributed by atoms with E-state index in [0.717, 1.165) is 5.06 Å². The fourth-order valence-corrected chi connectivity index (χ4v) is 3.57. The molecule has 27 heavy (non-hydrogen) atoms. The number of carbonyl (C=O) groups excluding carboxylic acids is 2. The van der Waals surface area contributed by atoms with Crippen molar-refractivity contribution in [3.63, 3.8) is 0 Å². The molecule has 1 saturated heterocycles. The van der Waals surface area contributed by atoms with E-state index in [-0.39, 0.29) is 19.1 Å². The van der Waals surface area contributed by atoms with Crippen molar-refractivity contribution in [3.05, 3.63) is 0 Å². The fourth-order valence-electron chi connectivity index (χ4n) is 3.57. The molecule has 1 aliphatic heterocycles. The second-order valence-electron chi connectivity index (χ2n) is 8.08. The maximum Gasteiger partial charge on any atom is 0.368 e. The number of aldehydes is 1. The quantitative estimate of drug-likeness (QED) is 0.194. The van der Waals surface area contributed by atoms with Crippen molar-refractivity contribution < 1.29 is 44.8 Å². The average Bonchev–Trinajstić information content (AvgIpc) is 2.54. The molecule has 0 saturated carbocycles. The Hall–Kier alpha value is -1.63. The number of amides is 1. The number of primary amides is 1. The zero-order chi connectivity index (χ0) is 21.4. The molecule has 11 nitrogen and oxygen atoms in total. The lowest BCUT2D eigenvalue weighted by Gasteiger charge is -2.55. The SMILES string of the molecule is CC1(C)CC(C(N)=O)CC(C)(C)N1O[C@@](O)(C(=O)O)[C@@H](O)[C@H](O)[C@@H](O)C=O. The van der Waals surface area contributed by atoms with Gasteiger partial charge in [-0.2, -0.15) is 5.06 Å². The number of nitrogens with zero attached hydrogens (tertiary/aromatic N) is 1. The molecule has 11 heteroatoms. The predicted molar refractivity (Wildman–Crippen MR) is 89.7 cm³/mol. The van der Waals surface area contributed by atoms with E-state index in [0.29, 0.717) is 0 Å². The van der Waals surface area contributed by atoms with Gasteiger partial charge in [-0.3, -0.25) is 4.79 Å². The zero-order valence-corrected chi connectivity index (χ0v) is 15.7. The van der Waals surface area contributed by atoms with Gasteiger partial charge in [0.25, 0.3) is 0 Å². The van der Waals surface area contributed by atoms with Gasteiger partial charge >= 0.3 is 11.8 Å². The van der Waals surface area contributed by atoms with Crippen molar-refractivity contribution in [1.29, 1.82) is 0 Å². The summed E-state index contributed by atoms with van der Waals surface area (Å²) in [5.74, 6) is -6.48. The van der Waals surface area contributed by atoms with Crippen LogP contribution in [-0.4, -0.2) is 83.9 Å². The van der Waals surface area contributed by atoms with Gasteiger partial charge in [0, 0.05) is 17.0 Å². The molecular formula is C16H28N2O9. The molecule has 0 aromatic heterocycles. The van der Waals surface area contributed by atoms with Crippen molar-refractivity contribution in [3.8, 4) is 0 Å². The molecule has 0 aromatic rings. The first-order valence-corrected chi connectivity index (χ1v) is 8.34. The summed E-state index contributed by atoms with van der Waals surface area (Å²) in [4.78, 5) is 39.1. The van der Waals surface area contributed by atoms with E-state index in [1.807, 2.05) is 0 Å². The number of hydroxylamine groups is 2. The highest BCUT2D eigenvalue weighted by Gasteiger charge is 2.57. The number of aliphatic hydroxyl groups excluding tert-OH is 3. The van der Waals surface area contributed by atoms with Gasteiger partial charge < -0.3 is 36.1 Å². The number of carbonyl (C=O) groups is 3. The third-order valence-corrected chi connectivity index (χ3v) is 4.74. The Morgan fingerprint density at radius 2 is 1.63 bits per heavy atom. The maximum absolute atomic E-state index is 11.6. The van der Waals surface area contributed by atoms with E-state index in [2.05, 4.69) is 0 Å². The Morgan fingerprint density at radius 3 is 1.96 bits per heavy atom. The summed E-state index contributed by atoms with van der Waals surface area (Å²) in [6, 6.07) is 0. The van der Waals surface area contributed by atoms with Crippen LogP contribution in [0.2, 0.25) is 0 Å². The summed E-state index contributed by atoms with van der Waals surface area (Å²) in [7, 11) is 0. The van der Waals surface area contributed by atoms with Gasteiger partial charge in [0.1, 0.15) is 18.3 Å². The molecule has 1 fully saturated rings. The standard InChI is InChI=1S/C16H28N2O9/c1-14(2)5-8(12(17)23)6-15(3,4)18(14)27-16(26,13(24)25)11(22)10(21)9(20)7-19/h7-11,20-22,26H,5-6H2,1-4H3,(H2,17,23)(H,24,25)/t9-,10+,11-,16+/m0/s1. The van der Waals surface area contributed by atoms with Crippen molar-refractivity contribution in [1.82, 2.24) is 5.06 Å². The first-order chi connectivity index (χ1) is 12.1. The van der Waals surface area contributed by atoms with Crippen LogP contribution in [0.25, 0.3) is 0 Å². The number of carboxylic acid groups (broad SMARTS) is 1. The number of nitrogens with two attached hydrogens (primary N) is 1. The summed E-state index contributed by atoms with van der Waals surface area (Å²) in [6.07, 6.45) is -6.79. The smallest absolute Gasteiger partial charge is 0.368 e. The van der Waals surface area contributed by atoms with E-state index in [1.54, 1.807) is 27.7 Å². The highest BCUT2D eigenvalue weighted by atomic mass is 16.8. The van der Waals surface area contributed by atoms with Crippen LogP contribution in [0.4, 0.5) is 0 Å².